The van der Waals surface area contributed by atoms with Gasteiger partial charge in [0.2, 0.25) is 0 Å². The molecule has 0 unspecified atom stereocenters. The monoisotopic (exact) mass is 425 g/mol. The van der Waals surface area contributed by atoms with E-state index in [0.717, 1.165) is 44.9 Å². The average Bonchev–Trinajstić information content (AvgIpc) is 3.08. The van der Waals surface area contributed by atoms with E-state index in [0.29, 0.717) is 41.7 Å². The molecule has 3 saturated carbocycles. The highest BCUT2D eigenvalue weighted by atomic mass is 16.3. The first-order chi connectivity index (χ1) is 14.9. The van der Waals surface area contributed by atoms with E-state index >= 15 is 0 Å². The SMILES string of the molecule is C=C1CC[C@H]2[C@H](CNC(=O)c3ccccc3)[C@@H]([C@@H]3CC[C@H](O)C[C@@H]3CCO)CC[C@]12C. The molecule has 1 amide bonds. The summed E-state index contributed by atoms with van der Waals surface area (Å²) in [7, 11) is 0. The van der Waals surface area contributed by atoms with Gasteiger partial charge in [0.05, 0.1) is 6.10 Å². The highest BCUT2D eigenvalue weighted by Crippen LogP contribution is 2.60. The standard InChI is InChI=1S/C27H39NO3/c1-18-8-11-25-24(17-28-26(31)19-6-4-3-5-7-19)23(12-14-27(18,25)2)22-10-9-21(30)16-20(22)13-15-29/h3-7,20-25,29-30H,1,8-17H2,2H3,(H,28,31)/t20-,21-,22+,23+,24+,25-,27+/m0/s1. The summed E-state index contributed by atoms with van der Waals surface area (Å²) >= 11 is 0. The average molecular weight is 426 g/mol. The Morgan fingerprint density at radius 3 is 2.68 bits per heavy atom. The number of carbonyl (C=O) groups is 1. The third-order valence-corrected chi connectivity index (χ3v) is 9.04. The van der Waals surface area contributed by atoms with E-state index in [4.69, 9.17) is 0 Å². The molecule has 4 heteroatoms. The third kappa shape index (κ3) is 4.47. The van der Waals surface area contributed by atoms with Crippen molar-refractivity contribution in [2.24, 2.45) is 35.0 Å². The number of carbonyl (C=O) groups excluding carboxylic acids is 1. The highest BCUT2D eigenvalue weighted by molar-refractivity contribution is 5.94. The van der Waals surface area contributed by atoms with E-state index in [-0.39, 0.29) is 24.0 Å². The van der Waals surface area contributed by atoms with Gasteiger partial charge in [0.1, 0.15) is 0 Å². The van der Waals surface area contributed by atoms with Crippen LogP contribution in [0.5, 0.6) is 0 Å². The van der Waals surface area contributed by atoms with E-state index in [2.05, 4.69) is 18.8 Å². The fourth-order valence-electron chi connectivity index (χ4n) is 7.28. The summed E-state index contributed by atoms with van der Waals surface area (Å²) in [5.74, 6) is 2.41. The summed E-state index contributed by atoms with van der Waals surface area (Å²) in [4.78, 5) is 12.8. The Hall–Kier alpha value is -1.65. The van der Waals surface area contributed by atoms with E-state index in [1.165, 1.54) is 12.0 Å². The predicted molar refractivity (Wildman–Crippen MR) is 124 cm³/mol. The van der Waals surface area contributed by atoms with E-state index in [9.17, 15) is 15.0 Å². The molecule has 31 heavy (non-hydrogen) atoms. The molecule has 7 atom stereocenters. The second-order valence-corrected chi connectivity index (χ2v) is 10.5. The molecule has 3 aliphatic carbocycles. The second kappa shape index (κ2) is 9.46. The lowest BCUT2D eigenvalue weighted by Gasteiger charge is -2.52. The summed E-state index contributed by atoms with van der Waals surface area (Å²) in [6.07, 6.45) is 7.83. The molecule has 3 aliphatic rings. The molecule has 0 radical (unpaired) electrons. The second-order valence-electron chi connectivity index (χ2n) is 10.5. The van der Waals surface area contributed by atoms with Gasteiger partial charge >= 0.3 is 0 Å². The van der Waals surface area contributed by atoms with Crippen LogP contribution < -0.4 is 5.32 Å². The zero-order valence-electron chi connectivity index (χ0n) is 18.9. The van der Waals surface area contributed by atoms with Crippen molar-refractivity contribution in [3.8, 4) is 0 Å². The molecule has 3 N–H and O–H groups in total. The Kier molecular flexibility index (Phi) is 6.88. The number of allylic oxidation sites excluding steroid dienone is 1. The van der Waals surface area contributed by atoms with Gasteiger partial charge in [0.15, 0.2) is 0 Å². The number of aliphatic hydroxyl groups is 2. The number of nitrogens with one attached hydrogen (secondary N) is 1. The fourth-order valence-corrected chi connectivity index (χ4v) is 7.28. The number of amides is 1. The maximum atomic E-state index is 12.8. The number of hydrogen-bond donors (Lipinski definition) is 3. The minimum Gasteiger partial charge on any atom is -0.396 e. The van der Waals surface area contributed by atoms with Gasteiger partial charge < -0.3 is 15.5 Å². The van der Waals surface area contributed by atoms with Crippen LogP contribution in [0.2, 0.25) is 0 Å². The van der Waals surface area contributed by atoms with Crippen LogP contribution in [0.3, 0.4) is 0 Å². The Morgan fingerprint density at radius 2 is 1.94 bits per heavy atom. The van der Waals surface area contributed by atoms with Gasteiger partial charge in [-0.05, 0) is 98.5 Å². The van der Waals surface area contributed by atoms with Crippen LogP contribution >= 0.6 is 0 Å². The van der Waals surface area contributed by atoms with Gasteiger partial charge in [-0.2, -0.15) is 0 Å². The summed E-state index contributed by atoms with van der Waals surface area (Å²) < 4.78 is 0. The molecule has 0 aromatic heterocycles. The van der Waals surface area contributed by atoms with Crippen LogP contribution in [0, 0.1) is 35.0 Å². The Morgan fingerprint density at radius 1 is 1.16 bits per heavy atom. The van der Waals surface area contributed by atoms with Crippen LogP contribution in [-0.4, -0.2) is 35.4 Å². The first-order valence-electron chi connectivity index (χ1n) is 12.2. The summed E-state index contributed by atoms with van der Waals surface area (Å²) in [5, 5.41) is 23.2. The molecule has 0 heterocycles. The highest BCUT2D eigenvalue weighted by Gasteiger charge is 2.53. The molecule has 0 spiro atoms. The smallest absolute Gasteiger partial charge is 0.251 e. The van der Waals surface area contributed by atoms with E-state index in [1.807, 2.05) is 30.3 Å². The first-order valence-corrected chi connectivity index (χ1v) is 12.2. The maximum absolute atomic E-state index is 12.8. The minimum absolute atomic E-state index is 0.00873. The normalized spacial score (nSPS) is 38.0. The number of rotatable bonds is 6. The van der Waals surface area contributed by atoms with Crippen molar-refractivity contribution < 1.29 is 15.0 Å². The van der Waals surface area contributed by atoms with Crippen molar-refractivity contribution in [1.29, 1.82) is 0 Å². The first kappa shape index (κ1) is 22.5. The van der Waals surface area contributed by atoms with Gasteiger partial charge in [-0.1, -0.05) is 37.3 Å². The van der Waals surface area contributed by atoms with Gasteiger partial charge in [0, 0.05) is 18.7 Å². The van der Waals surface area contributed by atoms with Crippen molar-refractivity contribution in [2.75, 3.05) is 13.2 Å². The van der Waals surface area contributed by atoms with Gasteiger partial charge in [-0.3, -0.25) is 4.79 Å². The lowest BCUT2D eigenvalue weighted by atomic mass is 9.54. The zero-order valence-corrected chi connectivity index (χ0v) is 18.9. The molecule has 170 valence electrons. The van der Waals surface area contributed by atoms with Crippen LogP contribution in [0.4, 0.5) is 0 Å². The molecule has 0 saturated heterocycles. The fraction of sp³-hybridized carbons (Fsp3) is 0.667. The van der Waals surface area contributed by atoms with Crippen LogP contribution in [0.15, 0.2) is 42.5 Å². The molecule has 1 aromatic rings. The number of fused-ring (bicyclic) bond motifs is 1. The molecule has 0 aliphatic heterocycles. The van der Waals surface area contributed by atoms with Crippen molar-refractivity contribution in [2.45, 2.75) is 64.4 Å². The lowest BCUT2D eigenvalue weighted by molar-refractivity contribution is -0.0282. The van der Waals surface area contributed by atoms with Crippen LogP contribution in [-0.2, 0) is 0 Å². The molecule has 3 fully saturated rings. The topological polar surface area (TPSA) is 69.6 Å². The number of aliphatic hydroxyl groups excluding tert-OH is 2. The molecule has 4 rings (SSSR count). The third-order valence-electron chi connectivity index (χ3n) is 9.04. The van der Waals surface area contributed by atoms with Crippen LogP contribution in [0.25, 0.3) is 0 Å². The van der Waals surface area contributed by atoms with Gasteiger partial charge in [0.25, 0.3) is 5.91 Å². The summed E-state index contributed by atoms with van der Waals surface area (Å²) in [6, 6.07) is 9.48. The Balaban J connectivity index is 1.56. The number of hydrogen-bond acceptors (Lipinski definition) is 3. The minimum atomic E-state index is -0.232. The van der Waals surface area contributed by atoms with Gasteiger partial charge in [-0.25, -0.2) is 0 Å². The Bertz CT molecular complexity index is 778. The summed E-state index contributed by atoms with van der Waals surface area (Å²) in [5.41, 5.74) is 2.29. The van der Waals surface area contributed by atoms with E-state index < -0.39 is 0 Å². The van der Waals surface area contributed by atoms with Crippen molar-refractivity contribution in [3.05, 3.63) is 48.0 Å². The van der Waals surface area contributed by atoms with Gasteiger partial charge in [-0.15, -0.1) is 0 Å². The van der Waals surface area contributed by atoms with Crippen molar-refractivity contribution in [1.82, 2.24) is 5.32 Å². The lowest BCUT2D eigenvalue weighted by Crippen LogP contribution is -2.49. The molecule has 1 aromatic carbocycles. The number of benzene rings is 1. The summed E-state index contributed by atoms with van der Waals surface area (Å²) in [6.45, 7) is 7.71. The quantitative estimate of drug-likeness (QED) is 0.585. The zero-order chi connectivity index (χ0) is 22.0. The van der Waals surface area contributed by atoms with Crippen molar-refractivity contribution >= 4 is 5.91 Å². The van der Waals surface area contributed by atoms with Crippen LogP contribution in [0.1, 0.15) is 68.6 Å². The predicted octanol–water partition coefficient (Wildman–Crippen LogP) is 4.57. The Labute approximate surface area is 187 Å². The molecular formula is C27H39NO3. The van der Waals surface area contributed by atoms with E-state index in [1.54, 1.807) is 0 Å². The van der Waals surface area contributed by atoms with Crippen molar-refractivity contribution in [3.63, 3.8) is 0 Å². The maximum Gasteiger partial charge on any atom is 0.251 e. The molecular weight excluding hydrogens is 386 g/mol. The molecule has 4 nitrogen and oxygen atoms in total. The largest absolute Gasteiger partial charge is 0.396 e. The molecule has 0 bridgehead atoms.